The Morgan fingerprint density at radius 1 is 1.22 bits per heavy atom. The van der Waals surface area contributed by atoms with Crippen LogP contribution in [0.1, 0.15) is 37.9 Å². The molecule has 0 bridgehead atoms. The van der Waals surface area contributed by atoms with E-state index < -0.39 is 0 Å². The van der Waals surface area contributed by atoms with Crippen molar-refractivity contribution < 1.29 is 14.1 Å². The average molecular weight is 434 g/mol. The van der Waals surface area contributed by atoms with Gasteiger partial charge in [0.1, 0.15) is 5.75 Å². The zero-order valence-electron chi connectivity index (χ0n) is 18.2. The van der Waals surface area contributed by atoms with E-state index in [1.54, 1.807) is 19.5 Å². The van der Waals surface area contributed by atoms with Crippen LogP contribution in [0.4, 0.5) is 10.5 Å². The van der Waals surface area contributed by atoms with Crippen molar-refractivity contribution in [2.75, 3.05) is 25.5 Å². The van der Waals surface area contributed by atoms with Gasteiger partial charge >= 0.3 is 6.03 Å². The Balaban J connectivity index is 1.29. The first kappa shape index (κ1) is 20.5. The van der Waals surface area contributed by atoms with Gasteiger partial charge in [-0.25, -0.2) is 4.79 Å². The van der Waals surface area contributed by atoms with E-state index in [4.69, 9.17) is 14.2 Å². The summed E-state index contributed by atoms with van der Waals surface area (Å²) in [7, 11) is 1.61. The van der Waals surface area contributed by atoms with Gasteiger partial charge in [-0.3, -0.25) is 4.98 Å². The molecule has 8 heteroatoms. The number of anilines is 1. The molecule has 3 heterocycles. The summed E-state index contributed by atoms with van der Waals surface area (Å²) in [4.78, 5) is 23.6. The predicted octanol–water partition coefficient (Wildman–Crippen LogP) is 4.51. The molecule has 1 N–H and O–H groups in total. The Labute approximate surface area is 187 Å². The molecule has 2 fully saturated rings. The van der Waals surface area contributed by atoms with Crippen molar-refractivity contribution in [3.05, 3.63) is 54.6 Å². The Morgan fingerprint density at radius 3 is 2.72 bits per heavy atom. The van der Waals surface area contributed by atoms with Crippen molar-refractivity contribution in [3.63, 3.8) is 0 Å². The van der Waals surface area contributed by atoms with Gasteiger partial charge in [-0.1, -0.05) is 24.1 Å². The first-order chi connectivity index (χ1) is 15.6. The zero-order valence-corrected chi connectivity index (χ0v) is 18.2. The molecule has 1 saturated carbocycles. The number of ether oxygens (including phenoxy) is 1. The topological polar surface area (TPSA) is 93.4 Å². The van der Waals surface area contributed by atoms with E-state index in [9.17, 15) is 4.79 Å². The molecule has 1 aliphatic carbocycles. The minimum absolute atomic E-state index is 0.0936. The molecule has 0 spiro atoms. The van der Waals surface area contributed by atoms with E-state index in [-0.39, 0.29) is 11.4 Å². The van der Waals surface area contributed by atoms with E-state index >= 15 is 0 Å². The van der Waals surface area contributed by atoms with Crippen LogP contribution in [-0.4, -0.2) is 46.3 Å². The van der Waals surface area contributed by atoms with Gasteiger partial charge in [0.2, 0.25) is 0 Å². The van der Waals surface area contributed by atoms with E-state index in [1.807, 2.05) is 41.3 Å². The number of methoxy groups -OCH3 is 1. The molecular formula is C24H27N5O3. The lowest BCUT2D eigenvalue weighted by atomic mass is 9.73. The second-order valence-electron chi connectivity index (χ2n) is 8.74. The number of pyridine rings is 1. The van der Waals surface area contributed by atoms with Crippen molar-refractivity contribution in [1.29, 1.82) is 0 Å². The highest BCUT2D eigenvalue weighted by Gasteiger charge is 2.44. The van der Waals surface area contributed by atoms with Crippen LogP contribution in [0.5, 0.6) is 5.75 Å². The zero-order chi connectivity index (χ0) is 22.0. The number of hydrogen-bond acceptors (Lipinski definition) is 6. The molecule has 8 nitrogen and oxygen atoms in total. The molecule has 1 aliphatic heterocycles. The third-order valence-electron chi connectivity index (χ3n) is 6.53. The van der Waals surface area contributed by atoms with Crippen molar-refractivity contribution in [3.8, 4) is 17.2 Å². The molecule has 0 radical (unpaired) electrons. The van der Waals surface area contributed by atoms with Crippen LogP contribution in [0, 0.1) is 5.92 Å². The van der Waals surface area contributed by atoms with E-state index in [0.717, 1.165) is 42.3 Å². The quantitative estimate of drug-likeness (QED) is 0.615. The molecule has 3 aromatic rings. The maximum Gasteiger partial charge on any atom is 0.321 e. The normalized spacial score (nSPS) is 17.7. The van der Waals surface area contributed by atoms with E-state index in [0.29, 0.717) is 24.7 Å². The predicted molar refractivity (Wildman–Crippen MR) is 119 cm³/mol. The number of aromatic nitrogens is 3. The lowest BCUT2D eigenvalue weighted by Gasteiger charge is -2.40. The first-order valence-electron chi connectivity index (χ1n) is 11.1. The smallest absolute Gasteiger partial charge is 0.321 e. The SMILES string of the molecule is COc1cccc(NC(=O)N2CCC(CC3CC3)(c3noc(-c4ccncc4)n3)CC2)c1. The highest BCUT2D eigenvalue weighted by molar-refractivity contribution is 5.89. The van der Waals surface area contributed by atoms with Crippen LogP contribution < -0.4 is 10.1 Å². The Bertz CT molecular complexity index is 1070. The molecule has 0 atom stereocenters. The number of hydrogen-bond donors (Lipinski definition) is 1. The number of rotatable bonds is 6. The van der Waals surface area contributed by atoms with Crippen molar-refractivity contribution in [1.82, 2.24) is 20.0 Å². The highest BCUT2D eigenvalue weighted by atomic mass is 16.5. The van der Waals surface area contributed by atoms with Crippen LogP contribution in [0.2, 0.25) is 0 Å². The monoisotopic (exact) mass is 433 g/mol. The third kappa shape index (κ3) is 4.30. The summed E-state index contributed by atoms with van der Waals surface area (Å²) in [6.07, 6.45) is 8.66. The average Bonchev–Trinajstić information content (AvgIpc) is 3.50. The molecule has 2 aromatic heterocycles. The number of carbonyl (C=O) groups is 1. The Morgan fingerprint density at radius 2 is 2.00 bits per heavy atom. The number of carbonyl (C=O) groups excluding carboxylic acids is 1. The lowest BCUT2D eigenvalue weighted by Crippen LogP contribution is -2.47. The molecule has 5 rings (SSSR count). The maximum atomic E-state index is 12.9. The summed E-state index contributed by atoms with van der Waals surface area (Å²) >= 11 is 0. The minimum Gasteiger partial charge on any atom is -0.497 e. The number of nitrogens with zero attached hydrogens (tertiary/aromatic N) is 4. The Hall–Kier alpha value is -3.42. The number of benzene rings is 1. The number of amides is 2. The fraction of sp³-hybridized carbons (Fsp3) is 0.417. The molecule has 0 unspecified atom stereocenters. The molecule has 2 amide bonds. The van der Waals surface area contributed by atoms with Gasteiger partial charge in [0.25, 0.3) is 5.89 Å². The summed E-state index contributed by atoms with van der Waals surface area (Å²) in [5.41, 5.74) is 1.45. The summed E-state index contributed by atoms with van der Waals surface area (Å²) in [5.74, 6) is 2.72. The van der Waals surface area contributed by atoms with Crippen LogP contribution >= 0.6 is 0 Å². The fourth-order valence-corrected chi connectivity index (χ4v) is 4.49. The lowest BCUT2D eigenvalue weighted by molar-refractivity contribution is 0.153. The second kappa shape index (κ2) is 8.61. The van der Waals surface area contributed by atoms with Gasteiger partial charge in [0, 0.05) is 48.2 Å². The van der Waals surface area contributed by atoms with E-state index in [2.05, 4.69) is 15.5 Å². The number of likely N-dealkylation sites (tertiary alicyclic amines) is 1. The summed E-state index contributed by atoms with van der Waals surface area (Å²) in [6, 6.07) is 11.0. The van der Waals surface area contributed by atoms with Gasteiger partial charge in [-0.15, -0.1) is 0 Å². The van der Waals surface area contributed by atoms with Gasteiger partial charge < -0.3 is 19.5 Å². The van der Waals surface area contributed by atoms with Crippen molar-refractivity contribution >= 4 is 11.7 Å². The summed E-state index contributed by atoms with van der Waals surface area (Å²) in [6.45, 7) is 1.31. The standard InChI is InChI=1S/C24H27N5O3/c1-31-20-4-2-3-19(15-20)26-23(30)29-13-9-24(10-14-29,16-17-5-6-17)22-27-21(32-28-22)18-7-11-25-12-8-18/h2-4,7-8,11-12,15,17H,5-6,9-10,13-14,16H2,1H3,(H,26,30). The van der Waals surface area contributed by atoms with Crippen LogP contribution in [0.3, 0.4) is 0 Å². The number of nitrogens with one attached hydrogen (secondary N) is 1. The molecule has 32 heavy (non-hydrogen) atoms. The second-order valence-corrected chi connectivity index (χ2v) is 8.74. The van der Waals surface area contributed by atoms with Gasteiger partial charge in [-0.05, 0) is 49.4 Å². The molecular weight excluding hydrogens is 406 g/mol. The molecule has 166 valence electrons. The minimum atomic E-state index is -0.150. The van der Waals surface area contributed by atoms with E-state index in [1.165, 1.54) is 12.8 Å². The number of piperidine rings is 1. The summed E-state index contributed by atoms with van der Waals surface area (Å²) in [5, 5.41) is 7.37. The first-order valence-corrected chi connectivity index (χ1v) is 11.1. The third-order valence-corrected chi connectivity index (χ3v) is 6.53. The summed E-state index contributed by atoms with van der Waals surface area (Å²) < 4.78 is 10.9. The van der Waals surface area contributed by atoms with Crippen LogP contribution in [0.25, 0.3) is 11.5 Å². The molecule has 1 aromatic carbocycles. The van der Waals surface area contributed by atoms with Crippen LogP contribution in [0.15, 0.2) is 53.3 Å². The fourth-order valence-electron chi connectivity index (χ4n) is 4.49. The Kier molecular flexibility index (Phi) is 5.51. The van der Waals surface area contributed by atoms with Crippen molar-refractivity contribution in [2.24, 2.45) is 5.92 Å². The van der Waals surface area contributed by atoms with Gasteiger partial charge in [-0.2, -0.15) is 4.98 Å². The maximum absolute atomic E-state index is 12.9. The largest absolute Gasteiger partial charge is 0.497 e. The molecule has 1 saturated heterocycles. The van der Waals surface area contributed by atoms with Gasteiger partial charge in [0.15, 0.2) is 5.82 Å². The van der Waals surface area contributed by atoms with Crippen molar-refractivity contribution in [2.45, 2.75) is 37.5 Å². The highest BCUT2D eigenvalue weighted by Crippen LogP contribution is 2.46. The van der Waals surface area contributed by atoms with Crippen LogP contribution in [-0.2, 0) is 5.41 Å². The molecule has 2 aliphatic rings. The van der Waals surface area contributed by atoms with Gasteiger partial charge in [0.05, 0.1) is 7.11 Å². The number of urea groups is 1.